The maximum atomic E-state index is 4.24. The highest BCUT2D eigenvalue weighted by molar-refractivity contribution is 5.80. The summed E-state index contributed by atoms with van der Waals surface area (Å²) in [6.45, 7) is 16.3. The summed E-state index contributed by atoms with van der Waals surface area (Å²) in [6, 6.07) is 17.1. The van der Waals surface area contributed by atoms with Crippen LogP contribution in [0.25, 0.3) is 11.1 Å². The van der Waals surface area contributed by atoms with Crippen LogP contribution in [0.2, 0.25) is 0 Å². The van der Waals surface area contributed by atoms with Crippen molar-refractivity contribution in [1.29, 1.82) is 0 Å². The zero-order valence-electron chi connectivity index (χ0n) is 15.3. The van der Waals surface area contributed by atoms with Gasteiger partial charge in [0.2, 0.25) is 0 Å². The highest BCUT2D eigenvalue weighted by Crippen LogP contribution is 2.24. The lowest BCUT2D eigenvalue weighted by Gasteiger charge is -2.10. The molecule has 0 unspecified atom stereocenters. The quantitative estimate of drug-likeness (QED) is 0.483. The van der Waals surface area contributed by atoms with Crippen LogP contribution in [0, 0.1) is 6.92 Å². The van der Waals surface area contributed by atoms with E-state index >= 15 is 0 Å². The molecule has 25 heavy (non-hydrogen) atoms. The van der Waals surface area contributed by atoms with Gasteiger partial charge in [0.05, 0.1) is 0 Å². The van der Waals surface area contributed by atoms with Crippen molar-refractivity contribution in [3.8, 4) is 0 Å². The molecule has 0 aliphatic rings. The van der Waals surface area contributed by atoms with Gasteiger partial charge in [-0.25, -0.2) is 0 Å². The van der Waals surface area contributed by atoms with Crippen molar-refractivity contribution < 1.29 is 0 Å². The Morgan fingerprint density at radius 2 is 1.52 bits per heavy atom. The molecule has 0 aliphatic carbocycles. The van der Waals surface area contributed by atoms with Gasteiger partial charge in [0, 0.05) is 0 Å². The van der Waals surface area contributed by atoms with E-state index < -0.39 is 0 Å². The van der Waals surface area contributed by atoms with Gasteiger partial charge < -0.3 is 0 Å². The van der Waals surface area contributed by atoms with Gasteiger partial charge >= 0.3 is 0 Å². The standard InChI is InChI=1S/C25H26/c1-6-8-9-23(7-2)21(5)25-16-12-22(13-17-25)18-20(4)24-14-10-19(3)11-15-24/h6-17H,1,4-5,18H2,2-3H3/b9-8-,23-7+. The monoisotopic (exact) mass is 326 g/mol. The molecule has 0 amide bonds. The second kappa shape index (κ2) is 8.84. The molecule has 0 aromatic heterocycles. The molecule has 0 radical (unpaired) electrons. The van der Waals surface area contributed by atoms with E-state index in [1.165, 1.54) is 16.7 Å². The van der Waals surface area contributed by atoms with Crippen LogP contribution < -0.4 is 0 Å². The Morgan fingerprint density at radius 3 is 2.08 bits per heavy atom. The Kier molecular flexibility index (Phi) is 6.54. The molecule has 2 rings (SSSR count). The van der Waals surface area contributed by atoms with E-state index in [1.807, 2.05) is 19.1 Å². The van der Waals surface area contributed by atoms with Crippen LogP contribution >= 0.6 is 0 Å². The smallest absolute Gasteiger partial charge is 0.00257 e. The zero-order chi connectivity index (χ0) is 18.2. The highest BCUT2D eigenvalue weighted by Gasteiger charge is 2.04. The maximum Gasteiger partial charge on any atom is -0.00257 e. The van der Waals surface area contributed by atoms with Crippen LogP contribution in [0.15, 0.2) is 98.1 Å². The summed E-state index contributed by atoms with van der Waals surface area (Å²) in [5.74, 6) is 0. The molecular weight excluding hydrogens is 300 g/mol. The summed E-state index contributed by atoms with van der Waals surface area (Å²) in [4.78, 5) is 0. The summed E-state index contributed by atoms with van der Waals surface area (Å²) in [5.41, 5.74) is 8.11. The van der Waals surface area contributed by atoms with Gasteiger partial charge in [0.1, 0.15) is 0 Å². The van der Waals surface area contributed by atoms with Gasteiger partial charge in [-0.05, 0) is 53.7 Å². The molecule has 0 saturated carbocycles. The number of allylic oxidation sites excluding steroid dienone is 7. The Hall–Kier alpha value is -2.86. The highest BCUT2D eigenvalue weighted by atomic mass is 14.1. The number of rotatable bonds is 7. The first kappa shape index (κ1) is 18.5. The molecule has 2 aromatic carbocycles. The minimum absolute atomic E-state index is 0.850. The van der Waals surface area contributed by atoms with Crippen LogP contribution in [0.4, 0.5) is 0 Å². The van der Waals surface area contributed by atoms with E-state index in [-0.39, 0.29) is 0 Å². The van der Waals surface area contributed by atoms with Crippen molar-refractivity contribution in [2.45, 2.75) is 20.3 Å². The first-order chi connectivity index (χ1) is 12.0. The van der Waals surface area contributed by atoms with Crippen molar-refractivity contribution in [1.82, 2.24) is 0 Å². The van der Waals surface area contributed by atoms with Crippen molar-refractivity contribution in [2.75, 3.05) is 0 Å². The minimum Gasteiger partial charge on any atom is -0.0991 e. The molecule has 0 bridgehead atoms. The molecule has 0 heteroatoms. The van der Waals surface area contributed by atoms with Gasteiger partial charge in [-0.3, -0.25) is 0 Å². The second-order valence-electron chi connectivity index (χ2n) is 6.16. The van der Waals surface area contributed by atoms with Crippen LogP contribution in [-0.2, 0) is 6.42 Å². The Bertz CT molecular complexity index is 809. The second-order valence-corrected chi connectivity index (χ2v) is 6.16. The molecule has 0 saturated heterocycles. The summed E-state index contributed by atoms with van der Waals surface area (Å²) in [5, 5.41) is 0. The minimum atomic E-state index is 0.850. The fraction of sp³-hybridized carbons (Fsp3) is 0.120. The lowest BCUT2D eigenvalue weighted by atomic mass is 9.95. The Balaban J connectivity index is 2.10. The third-order valence-corrected chi connectivity index (χ3v) is 4.25. The van der Waals surface area contributed by atoms with E-state index in [2.05, 4.69) is 81.3 Å². The molecule has 0 spiro atoms. The summed E-state index contributed by atoms with van der Waals surface area (Å²) < 4.78 is 0. The predicted octanol–water partition coefficient (Wildman–Crippen LogP) is 6.95. The Labute approximate surface area is 152 Å². The van der Waals surface area contributed by atoms with Crippen molar-refractivity contribution in [2.24, 2.45) is 0 Å². The molecule has 0 nitrogen and oxygen atoms in total. The third-order valence-electron chi connectivity index (χ3n) is 4.25. The average Bonchev–Trinajstić information content (AvgIpc) is 2.63. The van der Waals surface area contributed by atoms with Crippen LogP contribution in [-0.4, -0.2) is 0 Å². The number of benzene rings is 2. The molecule has 0 heterocycles. The maximum absolute atomic E-state index is 4.24. The lowest BCUT2D eigenvalue weighted by Crippen LogP contribution is -1.92. The zero-order valence-corrected chi connectivity index (χ0v) is 15.3. The van der Waals surface area contributed by atoms with Gasteiger partial charge in [0.15, 0.2) is 0 Å². The molecule has 2 aromatic rings. The normalized spacial score (nSPS) is 11.5. The van der Waals surface area contributed by atoms with E-state index in [1.54, 1.807) is 6.08 Å². The van der Waals surface area contributed by atoms with Gasteiger partial charge in [-0.15, -0.1) is 0 Å². The topological polar surface area (TPSA) is 0 Å². The molecule has 0 atom stereocenters. The molecule has 0 N–H and O–H groups in total. The van der Waals surface area contributed by atoms with E-state index in [0.717, 1.165) is 28.7 Å². The summed E-state index contributed by atoms with van der Waals surface area (Å²) in [6.07, 6.45) is 8.65. The number of aryl methyl sites for hydroxylation is 1. The first-order valence-electron chi connectivity index (χ1n) is 8.54. The van der Waals surface area contributed by atoms with Crippen molar-refractivity contribution in [3.05, 3.63) is 120 Å². The fourth-order valence-corrected chi connectivity index (χ4v) is 2.67. The Morgan fingerprint density at radius 1 is 0.920 bits per heavy atom. The fourth-order valence-electron chi connectivity index (χ4n) is 2.67. The third kappa shape index (κ3) is 5.06. The van der Waals surface area contributed by atoms with E-state index in [0.29, 0.717) is 0 Å². The first-order valence-corrected chi connectivity index (χ1v) is 8.54. The van der Waals surface area contributed by atoms with Gasteiger partial charge in [-0.1, -0.05) is 98.1 Å². The summed E-state index contributed by atoms with van der Waals surface area (Å²) in [7, 11) is 0. The van der Waals surface area contributed by atoms with Gasteiger partial charge in [0.25, 0.3) is 0 Å². The molecular formula is C25H26. The van der Waals surface area contributed by atoms with Gasteiger partial charge in [-0.2, -0.15) is 0 Å². The van der Waals surface area contributed by atoms with Crippen molar-refractivity contribution >= 4 is 11.1 Å². The average molecular weight is 326 g/mol. The molecule has 126 valence electrons. The SMILES string of the molecule is C=C/C=C\C(=C/C)C(=C)c1ccc(CC(=C)c2ccc(C)cc2)cc1. The van der Waals surface area contributed by atoms with Crippen LogP contribution in [0.1, 0.15) is 29.2 Å². The number of hydrogen-bond acceptors (Lipinski definition) is 0. The largest absolute Gasteiger partial charge is 0.0991 e. The summed E-state index contributed by atoms with van der Waals surface area (Å²) >= 11 is 0. The lowest BCUT2D eigenvalue weighted by molar-refractivity contribution is 1.28. The predicted molar refractivity (Wildman–Crippen MR) is 112 cm³/mol. The van der Waals surface area contributed by atoms with E-state index in [9.17, 15) is 0 Å². The molecule has 0 fully saturated rings. The van der Waals surface area contributed by atoms with E-state index in [4.69, 9.17) is 0 Å². The molecule has 0 aliphatic heterocycles. The van der Waals surface area contributed by atoms with Crippen molar-refractivity contribution in [3.63, 3.8) is 0 Å². The van der Waals surface area contributed by atoms with Crippen LogP contribution in [0.5, 0.6) is 0 Å². The van der Waals surface area contributed by atoms with Crippen LogP contribution in [0.3, 0.4) is 0 Å². The number of hydrogen-bond donors (Lipinski definition) is 0.